The van der Waals surface area contributed by atoms with Crippen LogP contribution in [0.2, 0.25) is 5.02 Å². The molecular formula is C18H21ClFN3O3S. The molecular weight excluding hydrogens is 393 g/mol. The molecule has 0 bridgehead atoms. The van der Waals surface area contributed by atoms with Crippen LogP contribution in [0.4, 0.5) is 10.1 Å². The van der Waals surface area contributed by atoms with Gasteiger partial charge in [0.05, 0.1) is 5.69 Å². The third kappa shape index (κ3) is 3.88. The van der Waals surface area contributed by atoms with Gasteiger partial charge in [-0.15, -0.1) is 0 Å². The van der Waals surface area contributed by atoms with Crippen LogP contribution in [0.15, 0.2) is 29.2 Å². The first-order valence-electron chi connectivity index (χ1n) is 8.64. The van der Waals surface area contributed by atoms with Crippen molar-refractivity contribution in [2.75, 3.05) is 18.4 Å². The van der Waals surface area contributed by atoms with Gasteiger partial charge in [-0.05, 0) is 44.0 Å². The molecule has 9 heteroatoms. The standard InChI is InChI=1S/C18H21ClFN3O3S/c1-12-17(27(25,26)23-8-4-3-5-9-23)11-16(22(12)2)18(24)21-15-7-6-13(19)10-14(15)20/h6-7,10-11H,3-5,8-9H2,1-2H3,(H,21,24). The van der Waals surface area contributed by atoms with Crippen LogP contribution < -0.4 is 5.32 Å². The summed E-state index contributed by atoms with van der Waals surface area (Å²) < 4.78 is 42.8. The van der Waals surface area contributed by atoms with Crippen molar-refractivity contribution in [1.29, 1.82) is 0 Å². The van der Waals surface area contributed by atoms with Crippen molar-refractivity contribution < 1.29 is 17.6 Å². The van der Waals surface area contributed by atoms with E-state index in [0.717, 1.165) is 25.3 Å². The van der Waals surface area contributed by atoms with Gasteiger partial charge < -0.3 is 9.88 Å². The molecule has 1 fully saturated rings. The second kappa shape index (κ2) is 7.61. The van der Waals surface area contributed by atoms with Crippen molar-refractivity contribution in [3.05, 3.63) is 46.5 Å². The van der Waals surface area contributed by atoms with Crippen LogP contribution in [-0.4, -0.2) is 36.3 Å². The molecule has 1 aromatic carbocycles. The van der Waals surface area contributed by atoms with Crippen LogP contribution in [-0.2, 0) is 17.1 Å². The van der Waals surface area contributed by atoms with Gasteiger partial charge in [0.1, 0.15) is 16.4 Å². The van der Waals surface area contributed by atoms with Crippen LogP contribution in [0, 0.1) is 12.7 Å². The van der Waals surface area contributed by atoms with Crippen molar-refractivity contribution in [1.82, 2.24) is 8.87 Å². The maximum atomic E-state index is 13.9. The largest absolute Gasteiger partial charge is 0.343 e. The predicted octanol–water partition coefficient (Wildman–Crippen LogP) is 3.55. The highest BCUT2D eigenvalue weighted by atomic mass is 35.5. The molecule has 2 aromatic rings. The Morgan fingerprint density at radius 3 is 2.48 bits per heavy atom. The summed E-state index contributed by atoms with van der Waals surface area (Å²) in [5.41, 5.74) is 0.573. The minimum absolute atomic E-state index is 0.0244. The van der Waals surface area contributed by atoms with Gasteiger partial charge in [-0.25, -0.2) is 12.8 Å². The highest BCUT2D eigenvalue weighted by Crippen LogP contribution is 2.27. The Kier molecular flexibility index (Phi) is 5.60. The fourth-order valence-corrected chi connectivity index (χ4v) is 5.12. The molecule has 146 valence electrons. The van der Waals surface area contributed by atoms with E-state index in [1.165, 1.54) is 27.1 Å². The average molecular weight is 414 g/mol. The lowest BCUT2D eigenvalue weighted by atomic mass is 10.2. The molecule has 27 heavy (non-hydrogen) atoms. The fourth-order valence-electron chi connectivity index (χ4n) is 3.17. The van der Waals surface area contributed by atoms with Crippen molar-refractivity contribution in [2.24, 2.45) is 7.05 Å². The van der Waals surface area contributed by atoms with Crippen LogP contribution in [0.5, 0.6) is 0 Å². The highest BCUT2D eigenvalue weighted by molar-refractivity contribution is 7.89. The van der Waals surface area contributed by atoms with Gasteiger partial charge in [0, 0.05) is 30.9 Å². The number of carbonyl (C=O) groups is 1. The third-order valence-electron chi connectivity index (χ3n) is 4.83. The molecule has 3 rings (SSSR count). The number of hydrogen-bond acceptors (Lipinski definition) is 3. The summed E-state index contributed by atoms with van der Waals surface area (Å²) >= 11 is 5.72. The molecule has 0 spiro atoms. The SMILES string of the molecule is Cc1c(S(=O)(=O)N2CCCCC2)cc(C(=O)Nc2ccc(Cl)cc2F)n1C. The van der Waals surface area contributed by atoms with Gasteiger partial charge in [0.2, 0.25) is 10.0 Å². The summed E-state index contributed by atoms with van der Waals surface area (Å²) in [4.78, 5) is 12.7. The van der Waals surface area contributed by atoms with Crippen molar-refractivity contribution in [3.63, 3.8) is 0 Å². The summed E-state index contributed by atoms with van der Waals surface area (Å²) in [5, 5.41) is 2.68. The summed E-state index contributed by atoms with van der Waals surface area (Å²) in [6.45, 7) is 2.61. The number of nitrogens with one attached hydrogen (secondary N) is 1. The molecule has 1 saturated heterocycles. The van der Waals surface area contributed by atoms with Crippen LogP contribution >= 0.6 is 11.6 Å². The van der Waals surface area contributed by atoms with Crippen molar-refractivity contribution >= 4 is 33.2 Å². The number of halogens is 2. The number of benzene rings is 1. The van der Waals surface area contributed by atoms with Crippen LogP contribution in [0.3, 0.4) is 0 Å². The van der Waals surface area contributed by atoms with Gasteiger partial charge in [-0.3, -0.25) is 4.79 Å². The summed E-state index contributed by atoms with van der Waals surface area (Å²) in [5.74, 6) is -1.26. The monoisotopic (exact) mass is 413 g/mol. The number of rotatable bonds is 4. The van der Waals surface area contributed by atoms with Crippen molar-refractivity contribution in [2.45, 2.75) is 31.1 Å². The smallest absolute Gasteiger partial charge is 0.272 e. The normalized spacial score (nSPS) is 15.7. The van der Waals surface area contributed by atoms with E-state index in [-0.39, 0.29) is 21.3 Å². The highest BCUT2D eigenvalue weighted by Gasteiger charge is 2.31. The first-order valence-corrected chi connectivity index (χ1v) is 10.5. The molecule has 0 saturated carbocycles. The Balaban J connectivity index is 1.91. The van der Waals surface area contributed by atoms with Crippen LogP contribution in [0.1, 0.15) is 35.4 Å². The van der Waals surface area contributed by atoms with Crippen molar-refractivity contribution in [3.8, 4) is 0 Å². The Hall–Kier alpha value is -1.90. The topological polar surface area (TPSA) is 71.4 Å². The van der Waals surface area contributed by atoms with E-state index < -0.39 is 21.7 Å². The summed E-state index contributed by atoms with van der Waals surface area (Å²) in [6, 6.07) is 5.27. The third-order valence-corrected chi connectivity index (χ3v) is 7.08. The molecule has 1 amide bonds. The Labute approximate surface area is 163 Å². The molecule has 0 radical (unpaired) electrons. The number of amides is 1. The zero-order chi connectivity index (χ0) is 19.8. The molecule has 0 unspecified atom stereocenters. The second-order valence-electron chi connectivity index (χ2n) is 6.58. The van der Waals surface area contributed by atoms with E-state index in [1.54, 1.807) is 14.0 Å². The number of hydrogen-bond donors (Lipinski definition) is 1. The van der Waals surface area contributed by atoms with E-state index >= 15 is 0 Å². The molecule has 2 heterocycles. The minimum atomic E-state index is -3.67. The number of carbonyl (C=O) groups excluding carboxylic acids is 1. The second-order valence-corrected chi connectivity index (χ2v) is 8.92. The Bertz CT molecular complexity index is 982. The minimum Gasteiger partial charge on any atom is -0.343 e. The number of anilines is 1. The molecule has 0 atom stereocenters. The summed E-state index contributed by atoms with van der Waals surface area (Å²) in [6.07, 6.45) is 2.67. The van der Waals surface area contributed by atoms with Gasteiger partial charge in [-0.2, -0.15) is 4.31 Å². The first kappa shape index (κ1) is 19.9. The van der Waals surface area contributed by atoms with Gasteiger partial charge in [0.25, 0.3) is 5.91 Å². The zero-order valence-electron chi connectivity index (χ0n) is 15.1. The maximum Gasteiger partial charge on any atom is 0.272 e. The summed E-state index contributed by atoms with van der Waals surface area (Å²) in [7, 11) is -2.06. The van der Waals surface area contributed by atoms with Gasteiger partial charge >= 0.3 is 0 Å². The Morgan fingerprint density at radius 2 is 1.85 bits per heavy atom. The molecule has 6 nitrogen and oxygen atoms in total. The molecule has 1 aliphatic heterocycles. The van der Waals surface area contributed by atoms with E-state index in [9.17, 15) is 17.6 Å². The van der Waals surface area contributed by atoms with E-state index in [1.807, 2.05) is 0 Å². The van der Waals surface area contributed by atoms with E-state index in [0.29, 0.717) is 18.8 Å². The number of aromatic nitrogens is 1. The quantitative estimate of drug-likeness (QED) is 0.833. The lowest BCUT2D eigenvalue weighted by Crippen LogP contribution is -2.35. The predicted molar refractivity (Wildman–Crippen MR) is 102 cm³/mol. The Morgan fingerprint density at radius 1 is 1.19 bits per heavy atom. The molecule has 1 N–H and O–H groups in total. The van der Waals surface area contributed by atoms with Gasteiger partial charge in [0.15, 0.2) is 0 Å². The van der Waals surface area contributed by atoms with Gasteiger partial charge in [-0.1, -0.05) is 18.0 Å². The molecule has 0 aliphatic carbocycles. The van der Waals surface area contributed by atoms with E-state index in [2.05, 4.69) is 5.32 Å². The average Bonchev–Trinajstić information content (AvgIpc) is 2.94. The molecule has 1 aliphatic rings. The lowest BCUT2D eigenvalue weighted by Gasteiger charge is -2.25. The fraction of sp³-hybridized carbons (Fsp3) is 0.389. The number of piperidine rings is 1. The first-order chi connectivity index (χ1) is 12.7. The maximum absolute atomic E-state index is 13.9. The van der Waals surface area contributed by atoms with E-state index in [4.69, 9.17) is 11.6 Å². The molecule has 1 aromatic heterocycles. The van der Waals surface area contributed by atoms with Crippen LogP contribution in [0.25, 0.3) is 0 Å². The zero-order valence-corrected chi connectivity index (χ0v) is 16.7. The number of sulfonamides is 1. The lowest BCUT2D eigenvalue weighted by molar-refractivity contribution is 0.101. The number of nitrogens with zero attached hydrogens (tertiary/aromatic N) is 2.